The zero-order chi connectivity index (χ0) is 25.4. The number of alkyl carbamates (subject to hydrolysis) is 1. The number of carbonyl (C=O) groups excluding carboxylic acids is 2. The van der Waals surface area contributed by atoms with E-state index in [-0.39, 0.29) is 18.8 Å². The Bertz CT molecular complexity index is 941. The van der Waals surface area contributed by atoms with Gasteiger partial charge in [0.15, 0.2) is 6.29 Å². The number of phenolic OH excluding ortho intramolecular Hbond substituents is 1. The normalized spacial score (nSPS) is 24.9. The van der Waals surface area contributed by atoms with Gasteiger partial charge in [-0.05, 0) is 23.3 Å². The van der Waals surface area contributed by atoms with Crippen molar-refractivity contribution in [2.75, 3.05) is 13.7 Å². The number of carbonyl (C=O) groups is 2. The highest BCUT2D eigenvalue weighted by Crippen LogP contribution is 2.22. The summed E-state index contributed by atoms with van der Waals surface area (Å²) < 4.78 is 15.6. The zero-order valence-electron chi connectivity index (χ0n) is 19.1. The number of amides is 2. The highest BCUT2D eigenvalue weighted by atomic mass is 16.7. The molecule has 2 aromatic rings. The Morgan fingerprint density at radius 3 is 2.34 bits per heavy atom. The molecular formula is C24H30N2O9. The molecule has 1 aliphatic heterocycles. The molecule has 6 atom stereocenters. The summed E-state index contributed by atoms with van der Waals surface area (Å²) in [6.45, 7) is -0.577. The van der Waals surface area contributed by atoms with Gasteiger partial charge in [0.1, 0.15) is 36.7 Å². The molecule has 1 fully saturated rings. The van der Waals surface area contributed by atoms with Gasteiger partial charge >= 0.3 is 6.09 Å². The Kier molecular flexibility index (Phi) is 9.40. The minimum atomic E-state index is -1.44. The maximum atomic E-state index is 13.2. The first-order chi connectivity index (χ1) is 16.8. The number of phenols is 1. The topological polar surface area (TPSA) is 167 Å². The second-order valence-corrected chi connectivity index (χ2v) is 8.11. The maximum Gasteiger partial charge on any atom is 0.408 e. The van der Waals surface area contributed by atoms with E-state index in [1.54, 1.807) is 36.4 Å². The van der Waals surface area contributed by atoms with Crippen LogP contribution < -0.4 is 10.6 Å². The summed E-state index contributed by atoms with van der Waals surface area (Å²) in [6.07, 6.45) is -6.00. The number of methoxy groups -OCH3 is 1. The standard InChI is InChI=1S/C24H30N2O9/c1-33-23-21(30)19(20(29)18(12-27)35-23)26-22(31)17(11-14-7-9-16(28)10-8-14)25-24(32)34-13-15-5-3-2-4-6-15/h2-10,17-21,23,27-30H,11-13H2,1H3,(H,25,32)(H,26,31)/t17-,18+,19-,20-,21-,23+/m1/s1. The van der Waals surface area contributed by atoms with Crippen LogP contribution in [0.1, 0.15) is 11.1 Å². The lowest BCUT2D eigenvalue weighted by Crippen LogP contribution is -2.66. The average molecular weight is 491 g/mol. The van der Waals surface area contributed by atoms with E-state index in [0.29, 0.717) is 5.56 Å². The molecule has 0 unspecified atom stereocenters. The van der Waals surface area contributed by atoms with Crippen molar-refractivity contribution in [1.82, 2.24) is 10.6 Å². The summed E-state index contributed by atoms with van der Waals surface area (Å²) in [7, 11) is 1.27. The van der Waals surface area contributed by atoms with Crippen LogP contribution in [0, 0.1) is 0 Å². The fourth-order valence-electron chi connectivity index (χ4n) is 3.70. The van der Waals surface area contributed by atoms with E-state index in [1.807, 2.05) is 6.07 Å². The molecule has 0 aliphatic carbocycles. The van der Waals surface area contributed by atoms with Gasteiger partial charge in [0, 0.05) is 13.5 Å². The molecule has 11 nitrogen and oxygen atoms in total. The lowest BCUT2D eigenvalue weighted by molar-refractivity contribution is -0.271. The molecule has 1 aliphatic rings. The van der Waals surface area contributed by atoms with Crippen molar-refractivity contribution in [3.05, 3.63) is 65.7 Å². The predicted octanol–water partition coefficient (Wildman–Crippen LogP) is -0.200. The molecule has 6 N–H and O–H groups in total. The zero-order valence-corrected chi connectivity index (χ0v) is 19.1. The number of ether oxygens (including phenoxy) is 3. The minimum Gasteiger partial charge on any atom is -0.508 e. The number of aromatic hydroxyl groups is 1. The van der Waals surface area contributed by atoms with Gasteiger partial charge in [-0.25, -0.2) is 4.79 Å². The van der Waals surface area contributed by atoms with Crippen molar-refractivity contribution in [2.24, 2.45) is 0 Å². The first-order valence-electron chi connectivity index (χ1n) is 11.0. The molecule has 1 heterocycles. The molecule has 0 aromatic heterocycles. The number of aliphatic hydroxyl groups is 3. The summed E-state index contributed by atoms with van der Waals surface area (Å²) in [5, 5.41) is 45.1. The fourth-order valence-corrected chi connectivity index (χ4v) is 3.70. The maximum absolute atomic E-state index is 13.2. The van der Waals surface area contributed by atoms with E-state index < -0.39 is 55.3 Å². The summed E-state index contributed by atoms with van der Waals surface area (Å²) >= 11 is 0. The van der Waals surface area contributed by atoms with Crippen LogP contribution in [0.4, 0.5) is 4.79 Å². The van der Waals surface area contributed by atoms with Gasteiger partial charge in [0.05, 0.1) is 12.6 Å². The third kappa shape index (κ3) is 7.13. The highest BCUT2D eigenvalue weighted by molar-refractivity contribution is 5.86. The summed E-state index contributed by atoms with van der Waals surface area (Å²) in [5.41, 5.74) is 1.39. The molecule has 0 radical (unpaired) electrons. The Morgan fingerprint density at radius 1 is 1.03 bits per heavy atom. The SMILES string of the molecule is CO[C@H]1O[C@@H](CO)[C@@H](O)[C@@H](NC(=O)[C@@H](Cc2ccc(O)cc2)NC(=O)OCc2ccccc2)[C@H]1O. The van der Waals surface area contributed by atoms with Crippen molar-refractivity contribution in [1.29, 1.82) is 0 Å². The van der Waals surface area contributed by atoms with Crippen molar-refractivity contribution < 1.29 is 44.2 Å². The van der Waals surface area contributed by atoms with Crippen LogP contribution >= 0.6 is 0 Å². The van der Waals surface area contributed by atoms with Gasteiger partial charge < -0.3 is 45.3 Å². The summed E-state index contributed by atoms with van der Waals surface area (Å²) in [4.78, 5) is 25.6. The summed E-state index contributed by atoms with van der Waals surface area (Å²) in [5.74, 6) is -0.676. The number of hydrogen-bond acceptors (Lipinski definition) is 9. The first kappa shape index (κ1) is 26.4. The third-order valence-corrected chi connectivity index (χ3v) is 5.62. The summed E-state index contributed by atoms with van der Waals surface area (Å²) in [6, 6.07) is 12.7. The minimum absolute atomic E-state index is 0.00862. The lowest BCUT2D eigenvalue weighted by atomic mass is 9.95. The van der Waals surface area contributed by atoms with E-state index in [1.165, 1.54) is 19.2 Å². The number of nitrogens with one attached hydrogen (secondary N) is 2. The van der Waals surface area contributed by atoms with Crippen molar-refractivity contribution in [3.8, 4) is 5.75 Å². The predicted molar refractivity (Wildman–Crippen MR) is 122 cm³/mol. The second-order valence-electron chi connectivity index (χ2n) is 8.11. The molecule has 1 saturated heterocycles. The number of benzene rings is 2. The monoisotopic (exact) mass is 490 g/mol. The van der Waals surface area contributed by atoms with Crippen LogP contribution in [-0.4, -0.2) is 82.8 Å². The van der Waals surface area contributed by atoms with E-state index in [4.69, 9.17) is 14.2 Å². The highest BCUT2D eigenvalue weighted by Gasteiger charge is 2.45. The molecule has 0 bridgehead atoms. The van der Waals surface area contributed by atoms with Crippen LogP contribution in [0.3, 0.4) is 0 Å². The Balaban J connectivity index is 1.73. The van der Waals surface area contributed by atoms with Crippen molar-refractivity contribution >= 4 is 12.0 Å². The lowest BCUT2D eigenvalue weighted by Gasteiger charge is -2.42. The van der Waals surface area contributed by atoms with Gasteiger partial charge in [-0.1, -0.05) is 42.5 Å². The smallest absolute Gasteiger partial charge is 0.408 e. The number of aliphatic hydroxyl groups excluding tert-OH is 3. The second kappa shape index (κ2) is 12.5. The molecule has 0 spiro atoms. The van der Waals surface area contributed by atoms with Crippen LogP contribution in [0.15, 0.2) is 54.6 Å². The van der Waals surface area contributed by atoms with Crippen LogP contribution in [0.2, 0.25) is 0 Å². The average Bonchev–Trinajstić information content (AvgIpc) is 2.87. The van der Waals surface area contributed by atoms with Gasteiger partial charge in [-0.15, -0.1) is 0 Å². The van der Waals surface area contributed by atoms with Crippen LogP contribution in [0.25, 0.3) is 0 Å². The molecule has 11 heteroatoms. The Hall–Kier alpha value is -3.22. The first-order valence-corrected chi connectivity index (χ1v) is 11.0. The number of rotatable bonds is 9. The Labute approximate surface area is 202 Å². The molecule has 0 saturated carbocycles. The largest absolute Gasteiger partial charge is 0.508 e. The molecule has 3 rings (SSSR count). The molecule has 190 valence electrons. The van der Waals surface area contributed by atoms with Gasteiger partial charge in [-0.3, -0.25) is 4.79 Å². The van der Waals surface area contributed by atoms with Crippen molar-refractivity contribution in [2.45, 2.75) is 49.7 Å². The van der Waals surface area contributed by atoms with Crippen LogP contribution in [0.5, 0.6) is 5.75 Å². The van der Waals surface area contributed by atoms with E-state index in [0.717, 1.165) is 5.56 Å². The van der Waals surface area contributed by atoms with E-state index >= 15 is 0 Å². The third-order valence-electron chi connectivity index (χ3n) is 5.62. The van der Waals surface area contributed by atoms with Gasteiger partial charge in [-0.2, -0.15) is 0 Å². The molecule has 35 heavy (non-hydrogen) atoms. The molecular weight excluding hydrogens is 460 g/mol. The Morgan fingerprint density at radius 2 is 1.71 bits per heavy atom. The van der Waals surface area contributed by atoms with E-state index in [2.05, 4.69) is 10.6 Å². The molecule has 2 amide bonds. The fraction of sp³-hybridized carbons (Fsp3) is 0.417. The van der Waals surface area contributed by atoms with Crippen molar-refractivity contribution in [3.63, 3.8) is 0 Å². The van der Waals surface area contributed by atoms with E-state index in [9.17, 15) is 30.0 Å². The van der Waals surface area contributed by atoms with Gasteiger partial charge in [0.2, 0.25) is 5.91 Å². The quantitative estimate of drug-likeness (QED) is 0.279. The molecule has 2 aromatic carbocycles. The van der Waals surface area contributed by atoms with Gasteiger partial charge in [0.25, 0.3) is 0 Å². The number of hydrogen-bond donors (Lipinski definition) is 6. The van der Waals surface area contributed by atoms with Crippen LogP contribution in [-0.2, 0) is 32.0 Å².